The lowest BCUT2D eigenvalue weighted by Crippen LogP contribution is -1.94. The van der Waals surface area contributed by atoms with Crippen LogP contribution in [0.25, 0.3) is 116 Å². The number of nitrogens with zero attached hydrogens (tertiary/aromatic N) is 3. The molecule has 0 amide bonds. The molecular formula is C54H33N3O. The minimum atomic E-state index is 0.902. The van der Waals surface area contributed by atoms with Crippen LogP contribution in [0.1, 0.15) is 0 Å². The monoisotopic (exact) mass is 739 g/mol. The van der Waals surface area contributed by atoms with Crippen molar-refractivity contribution in [1.29, 1.82) is 0 Å². The first-order valence-corrected chi connectivity index (χ1v) is 19.9. The number of fused-ring (bicyclic) bond motifs is 14. The molecule has 13 aromatic rings. The predicted octanol–water partition coefficient (Wildman–Crippen LogP) is 14.5. The van der Waals surface area contributed by atoms with E-state index in [0.29, 0.717) is 0 Å². The summed E-state index contributed by atoms with van der Waals surface area (Å²) in [6.07, 6.45) is 0. The van der Waals surface area contributed by atoms with Gasteiger partial charge in [-0.15, -0.1) is 0 Å². The lowest BCUT2D eigenvalue weighted by Gasteiger charge is -2.10. The quantitative estimate of drug-likeness (QED) is 0.177. The van der Waals surface area contributed by atoms with Crippen LogP contribution in [0.3, 0.4) is 0 Å². The predicted molar refractivity (Wildman–Crippen MR) is 242 cm³/mol. The van der Waals surface area contributed by atoms with Gasteiger partial charge in [-0.05, 0) is 96.1 Å². The van der Waals surface area contributed by atoms with Gasteiger partial charge >= 0.3 is 0 Å². The van der Waals surface area contributed by atoms with Crippen molar-refractivity contribution < 1.29 is 4.42 Å². The highest BCUT2D eigenvalue weighted by molar-refractivity contribution is 6.29. The molecule has 0 saturated heterocycles. The Morgan fingerprint density at radius 3 is 1.50 bits per heavy atom. The second-order valence-corrected chi connectivity index (χ2v) is 15.3. The molecule has 0 radical (unpaired) electrons. The summed E-state index contributed by atoms with van der Waals surface area (Å²) in [4.78, 5) is 0. The molecule has 9 aromatic carbocycles. The molecular weight excluding hydrogens is 707 g/mol. The highest BCUT2D eigenvalue weighted by atomic mass is 16.3. The van der Waals surface area contributed by atoms with Crippen molar-refractivity contribution in [3.05, 3.63) is 200 Å². The molecule has 4 heteroatoms. The molecule has 13 rings (SSSR count). The molecule has 0 saturated carbocycles. The Kier molecular flexibility index (Phi) is 6.41. The molecule has 4 aromatic heterocycles. The second-order valence-electron chi connectivity index (χ2n) is 15.3. The summed E-state index contributed by atoms with van der Waals surface area (Å²) in [5.74, 6) is 0. The van der Waals surface area contributed by atoms with Gasteiger partial charge in [0.05, 0.1) is 33.1 Å². The SMILES string of the molecule is c1ccc(-n2c3ccccc3c3c4c5cc(-c6ccc7c8ccc9c%10ccccc%10oc9c8n(-c8ccccc8)c7c6)ccc5n(-c5ccccc5)c4ccc32)cc1. The molecule has 0 bridgehead atoms. The topological polar surface area (TPSA) is 27.9 Å². The van der Waals surface area contributed by atoms with E-state index in [-0.39, 0.29) is 0 Å². The van der Waals surface area contributed by atoms with Crippen molar-refractivity contribution in [2.75, 3.05) is 0 Å². The van der Waals surface area contributed by atoms with E-state index in [1.807, 2.05) is 6.07 Å². The summed E-state index contributed by atoms with van der Waals surface area (Å²) < 4.78 is 13.9. The van der Waals surface area contributed by atoms with Crippen LogP contribution in [0.4, 0.5) is 0 Å². The number of rotatable bonds is 4. The average molecular weight is 740 g/mol. The third-order valence-electron chi connectivity index (χ3n) is 12.2. The second kappa shape index (κ2) is 11.8. The maximum atomic E-state index is 6.67. The molecule has 0 unspecified atom stereocenters. The highest BCUT2D eigenvalue weighted by Crippen LogP contribution is 2.45. The zero-order valence-electron chi connectivity index (χ0n) is 31.3. The Labute approximate surface area is 332 Å². The smallest absolute Gasteiger partial charge is 0.160 e. The van der Waals surface area contributed by atoms with Crippen molar-refractivity contribution in [3.8, 4) is 28.2 Å². The van der Waals surface area contributed by atoms with Gasteiger partial charge in [0.1, 0.15) is 5.58 Å². The fraction of sp³-hybridized carbons (Fsp3) is 0. The van der Waals surface area contributed by atoms with Crippen molar-refractivity contribution in [2.45, 2.75) is 0 Å². The minimum Gasteiger partial charge on any atom is -0.454 e. The fourth-order valence-corrected chi connectivity index (χ4v) is 9.76. The highest BCUT2D eigenvalue weighted by Gasteiger charge is 2.23. The summed E-state index contributed by atoms with van der Waals surface area (Å²) >= 11 is 0. The minimum absolute atomic E-state index is 0.902. The van der Waals surface area contributed by atoms with E-state index in [9.17, 15) is 0 Å². The van der Waals surface area contributed by atoms with Gasteiger partial charge in [-0.3, -0.25) is 0 Å². The van der Waals surface area contributed by atoms with Crippen molar-refractivity contribution in [1.82, 2.24) is 13.7 Å². The van der Waals surface area contributed by atoms with E-state index in [0.717, 1.165) is 55.6 Å². The molecule has 58 heavy (non-hydrogen) atoms. The molecule has 4 heterocycles. The third kappa shape index (κ3) is 4.29. The zero-order valence-corrected chi connectivity index (χ0v) is 31.3. The first-order chi connectivity index (χ1) is 28.8. The van der Waals surface area contributed by atoms with Crippen LogP contribution < -0.4 is 0 Å². The van der Waals surface area contributed by atoms with Gasteiger partial charge in [0.15, 0.2) is 5.58 Å². The molecule has 0 aliphatic carbocycles. The number of para-hydroxylation sites is 5. The number of furan rings is 1. The van der Waals surface area contributed by atoms with E-state index in [4.69, 9.17) is 4.42 Å². The molecule has 0 spiro atoms. The summed E-state index contributed by atoms with van der Waals surface area (Å²) in [5.41, 5.74) is 14.6. The Hall–Kier alpha value is -7.82. The molecule has 0 aliphatic heterocycles. The van der Waals surface area contributed by atoms with Crippen LogP contribution in [-0.4, -0.2) is 13.7 Å². The maximum absolute atomic E-state index is 6.67. The van der Waals surface area contributed by atoms with E-state index in [1.54, 1.807) is 0 Å². The third-order valence-corrected chi connectivity index (χ3v) is 12.2. The maximum Gasteiger partial charge on any atom is 0.160 e. The van der Waals surface area contributed by atoms with Crippen LogP contribution in [0.2, 0.25) is 0 Å². The van der Waals surface area contributed by atoms with Crippen LogP contribution in [-0.2, 0) is 0 Å². The van der Waals surface area contributed by atoms with Gasteiger partial charge in [-0.1, -0.05) is 115 Å². The average Bonchev–Trinajstić information content (AvgIpc) is 4.03. The fourth-order valence-electron chi connectivity index (χ4n) is 9.76. The van der Waals surface area contributed by atoms with E-state index >= 15 is 0 Å². The number of hydrogen-bond donors (Lipinski definition) is 0. The normalized spacial score (nSPS) is 12.1. The molecule has 0 N–H and O–H groups in total. The number of aromatic nitrogens is 3. The van der Waals surface area contributed by atoms with Gasteiger partial charge in [0, 0.05) is 60.2 Å². The van der Waals surface area contributed by atoms with Crippen LogP contribution >= 0.6 is 0 Å². The lowest BCUT2D eigenvalue weighted by atomic mass is 9.99. The molecule has 4 nitrogen and oxygen atoms in total. The van der Waals surface area contributed by atoms with Gasteiger partial charge in [-0.2, -0.15) is 0 Å². The first-order valence-electron chi connectivity index (χ1n) is 19.9. The van der Waals surface area contributed by atoms with Gasteiger partial charge in [0.2, 0.25) is 0 Å². The van der Waals surface area contributed by atoms with Gasteiger partial charge in [-0.25, -0.2) is 0 Å². The molecule has 0 atom stereocenters. The molecule has 270 valence electrons. The van der Waals surface area contributed by atoms with E-state index < -0.39 is 0 Å². The van der Waals surface area contributed by atoms with Gasteiger partial charge in [0.25, 0.3) is 0 Å². The Morgan fingerprint density at radius 1 is 0.293 bits per heavy atom. The summed E-state index contributed by atoms with van der Waals surface area (Å²) in [6.45, 7) is 0. The standard InChI is InChI=1S/C54H33N3O/c1-4-14-36(15-5-1)55-45-22-12-10-21-43(45)51-47(55)30-31-48-52(51)44-32-34(25-29-46(44)56(48)37-16-6-2-7-17-37)35-24-26-39-41-27-28-42-40-20-11-13-23-50(40)58-54(42)53(41)57(49(39)33-35)38-18-8-3-9-19-38/h1-33H. The zero-order chi connectivity index (χ0) is 37.9. The van der Waals surface area contributed by atoms with Crippen LogP contribution in [0.15, 0.2) is 205 Å². The largest absolute Gasteiger partial charge is 0.454 e. The Morgan fingerprint density at radius 2 is 0.793 bits per heavy atom. The van der Waals surface area contributed by atoms with Crippen LogP contribution in [0, 0.1) is 0 Å². The van der Waals surface area contributed by atoms with Gasteiger partial charge < -0.3 is 18.1 Å². The van der Waals surface area contributed by atoms with E-state index in [2.05, 4.69) is 208 Å². The van der Waals surface area contributed by atoms with Crippen molar-refractivity contribution in [3.63, 3.8) is 0 Å². The molecule has 0 fully saturated rings. The summed E-state index contributed by atoms with van der Waals surface area (Å²) in [6, 6.07) is 72.4. The van der Waals surface area contributed by atoms with Crippen LogP contribution in [0.5, 0.6) is 0 Å². The Balaban J connectivity index is 1.12. The molecule has 0 aliphatic rings. The summed E-state index contributed by atoms with van der Waals surface area (Å²) in [7, 11) is 0. The van der Waals surface area contributed by atoms with Crippen molar-refractivity contribution >= 4 is 87.4 Å². The first kappa shape index (κ1) is 31.4. The summed E-state index contributed by atoms with van der Waals surface area (Å²) in [5, 5.41) is 9.63. The lowest BCUT2D eigenvalue weighted by molar-refractivity contribution is 0.671. The Bertz CT molecular complexity index is 3770. The van der Waals surface area contributed by atoms with Crippen molar-refractivity contribution in [2.24, 2.45) is 0 Å². The number of benzene rings is 9. The number of hydrogen-bond acceptors (Lipinski definition) is 1. The van der Waals surface area contributed by atoms with E-state index in [1.165, 1.54) is 59.9 Å².